The van der Waals surface area contributed by atoms with Crippen molar-refractivity contribution in [2.24, 2.45) is 0 Å². The van der Waals surface area contributed by atoms with Gasteiger partial charge in [-0.15, -0.1) is 0 Å². The van der Waals surface area contributed by atoms with Gasteiger partial charge in [-0.05, 0) is 13.0 Å². The maximum absolute atomic E-state index is 11.2. The molecule has 0 aromatic carbocycles. The number of carbonyl (C=O) groups excluding carboxylic acids is 1. The molecule has 0 unspecified atom stereocenters. The molecule has 92 valence electrons. The second-order valence-corrected chi connectivity index (χ2v) is 3.23. The van der Waals surface area contributed by atoms with E-state index in [2.05, 4.69) is 15.6 Å². The van der Waals surface area contributed by atoms with E-state index in [1.807, 2.05) is 0 Å². The van der Waals surface area contributed by atoms with Gasteiger partial charge in [-0.25, -0.2) is 9.78 Å². The lowest BCUT2D eigenvalue weighted by atomic mass is 10.2. The monoisotopic (exact) mass is 238 g/mol. The number of amides is 1. The van der Waals surface area contributed by atoms with E-state index < -0.39 is 5.97 Å². The fourth-order valence-corrected chi connectivity index (χ4v) is 1.22. The molecule has 0 saturated heterocycles. The summed E-state index contributed by atoms with van der Waals surface area (Å²) in [5.41, 5.74) is 5.58. The highest BCUT2D eigenvalue weighted by atomic mass is 16.4. The van der Waals surface area contributed by atoms with Crippen molar-refractivity contribution in [1.82, 2.24) is 10.3 Å². The van der Waals surface area contributed by atoms with Crippen LogP contribution in [0.3, 0.4) is 0 Å². The van der Waals surface area contributed by atoms with E-state index in [1.165, 1.54) is 12.3 Å². The van der Waals surface area contributed by atoms with Gasteiger partial charge in [0.2, 0.25) is 5.91 Å². The molecule has 0 radical (unpaired) electrons. The number of nitrogens with two attached hydrogens (primary N) is 1. The summed E-state index contributed by atoms with van der Waals surface area (Å²) in [6.07, 6.45) is 1.32. The molecule has 0 bridgehead atoms. The van der Waals surface area contributed by atoms with Crippen molar-refractivity contribution >= 4 is 23.4 Å². The van der Waals surface area contributed by atoms with E-state index >= 15 is 0 Å². The number of aromatic carboxylic acids is 1. The predicted molar refractivity (Wildman–Crippen MR) is 62.8 cm³/mol. The number of pyridine rings is 1. The number of carboxylic acid groups (broad SMARTS) is 1. The van der Waals surface area contributed by atoms with Gasteiger partial charge in [0.1, 0.15) is 5.82 Å². The van der Waals surface area contributed by atoms with Crippen LogP contribution < -0.4 is 16.4 Å². The minimum atomic E-state index is -1.13. The minimum Gasteiger partial charge on any atom is -0.478 e. The van der Waals surface area contributed by atoms with E-state index in [4.69, 9.17) is 10.8 Å². The molecule has 1 aromatic rings. The Kier molecular flexibility index (Phi) is 4.27. The van der Waals surface area contributed by atoms with Gasteiger partial charge in [-0.1, -0.05) is 0 Å². The van der Waals surface area contributed by atoms with Crippen molar-refractivity contribution in [3.63, 3.8) is 0 Å². The molecule has 1 heterocycles. The summed E-state index contributed by atoms with van der Waals surface area (Å²) in [6.45, 7) is 2.32. The average Bonchev–Trinajstić information content (AvgIpc) is 2.27. The molecule has 0 fully saturated rings. The third kappa shape index (κ3) is 3.33. The van der Waals surface area contributed by atoms with Crippen LogP contribution in [0.4, 0.5) is 11.5 Å². The van der Waals surface area contributed by atoms with Gasteiger partial charge in [-0.3, -0.25) is 4.79 Å². The Morgan fingerprint density at radius 3 is 2.82 bits per heavy atom. The number of nitrogen functional groups attached to an aromatic ring is 1. The Morgan fingerprint density at radius 2 is 2.24 bits per heavy atom. The third-order valence-corrected chi connectivity index (χ3v) is 2.01. The van der Waals surface area contributed by atoms with Crippen LogP contribution in [-0.2, 0) is 4.79 Å². The highest BCUT2D eigenvalue weighted by Crippen LogP contribution is 2.19. The first-order valence-electron chi connectivity index (χ1n) is 5.04. The van der Waals surface area contributed by atoms with Crippen LogP contribution in [0.5, 0.6) is 0 Å². The molecule has 0 saturated carbocycles. The fraction of sp³-hybridized carbons (Fsp3) is 0.300. The SMILES string of the molecule is CCNC(=O)CNc1nccc(C(=O)O)c1N. The number of nitrogens with one attached hydrogen (secondary N) is 2. The van der Waals surface area contributed by atoms with E-state index in [-0.39, 0.29) is 29.5 Å². The first-order chi connectivity index (χ1) is 8.06. The summed E-state index contributed by atoms with van der Waals surface area (Å²) >= 11 is 0. The standard InChI is InChI=1S/C10H14N4O3/c1-2-12-7(15)5-14-9-8(11)6(10(16)17)3-4-13-9/h3-4H,2,5,11H2,1H3,(H,12,15)(H,13,14)(H,16,17). The van der Waals surface area contributed by atoms with E-state index in [0.717, 1.165) is 0 Å². The second-order valence-electron chi connectivity index (χ2n) is 3.23. The van der Waals surface area contributed by atoms with Gasteiger partial charge in [0.05, 0.1) is 17.8 Å². The molecule has 0 aliphatic carbocycles. The number of likely N-dealkylation sites (N-methyl/N-ethyl adjacent to an activating group) is 1. The number of rotatable bonds is 5. The zero-order valence-corrected chi connectivity index (χ0v) is 9.36. The van der Waals surface area contributed by atoms with Crippen LogP contribution in [0.15, 0.2) is 12.3 Å². The number of nitrogens with zero attached hydrogens (tertiary/aromatic N) is 1. The van der Waals surface area contributed by atoms with Crippen molar-refractivity contribution in [1.29, 1.82) is 0 Å². The highest BCUT2D eigenvalue weighted by Gasteiger charge is 2.12. The van der Waals surface area contributed by atoms with Crippen molar-refractivity contribution < 1.29 is 14.7 Å². The molecule has 0 atom stereocenters. The Hall–Kier alpha value is -2.31. The lowest BCUT2D eigenvalue weighted by Gasteiger charge is -2.09. The lowest BCUT2D eigenvalue weighted by molar-refractivity contribution is -0.119. The summed E-state index contributed by atoms with van der Waals surface area (Å²) in [7, 11) is 0. The van der Waals surface area contributed by atoms with Gasteiger partial charge < -0.3 is 21.5 Å². The largest absolute Gasteiger partial charge is 0.478 e. The first kappa shape index (κ1) is 12.8. The van der Waals surface area contributed by atoms with Crippen LogP contribution >= 0.6 is 0 Å². The topological polar surface area (TPSA) is 117 Å². The van der Waals surface area contributed by atoms with Gasteiger partial charge in [0.15, 0.2) is 0 Å². The Balaban J connectivity index is 2.75. The highest BCUT2D eigenvalue weighted by molar-refractivity contribution is 5.96. The van der Waals surface area contributed by atoms with E-state index in [9.17, 15) is 9.59 Å². The van der Waals surface area contributed by atoms with Gasteiger partial charge >= 0.3 is 5.97 Å². The maximum Gasteiger partial charge on any atom is 0.337 e. The predicted octanol–water partition coefficient (Wildman–Crippen LogP) is -0.0900. The summed E-state index contributed by atoms with van der Waals surface area (Å²) < 4.78 is 0. The van der Waals surface area contributed by atoms with E-state index in [0.29, 0.717) is 6.54 Å². The fourth-order valence-electron chi connectivity index (χ4n) is 1.22. The normalized spacial score (nSPS) is 9.71. The number of carboxylic acids is 1. The van der Waals surface area contributed by atoms with Gasteiger partial charge in [-0.2, -0.15) is 0 Å². The summed E-state index contributed by atoms with van der Waals surface area (Å²) in [4.78, 5) is 25.9. The van der Waals surface area contributed by atoms with Crippen LogP contribution in [-0.4, -0.2) is 35.1 Å². The zero-order chi connectivity index (χ0) is 12.8. The zero-order valence-electron chi connectivity index (χ0n) is 9.36. The number of aromatic nitrogens is 1. The van der Waals surface area contributed by atoms with Gasteiger partial charge in [0, 0.05) is 12.7 Å². The van der Waals surface area contributed by atoms with Crippen molar-refractivity contribution in [2.45, 2.75) is 6.92 Å². The molecule has 1 rings (SSSR count). The first-order valence-corrected chi connectivity index (χ1v) is 5.04. The molecule has 5 N–H and O–H groups in total. The summed E-state index contributed by atoms with van der Waals surface area (Å²) in [5, 5.41) is 14.1. The number of carbonyl (C=O) groups is 2. The molecule has 7 nitrogen and oxygen atoms in total. The molecule has 7 heteroatoms. The van der Waals surface area contributed by atoms with Crippen molar-refractivity contribution in [3.05, 3.63) is 17.8 Å². The molecule has 0 aliphatic heterocycles. The van der Waals surface area contributed by atoms with Crippen LogP contribution in [0.25, 0.3) is 0 Å². The van der Waals surface area contributed by atoms with Gasteiger partial charge in [0.25, 0.3) is 0 Å². The van der Waals surface area contributed by atoms with Crippen molar-refractivity contribution in [2.75, 3.05) is 24.1 Å². The third-order valence-electron chi connectivity index (χ3n) is 2.01. The number of hydrogen-bond acceptors (Lipinski definition) is 5. The second kappa shape index (κ2) is 5.69. The van der Waals surface area contributed by atoms with Crippen LogP contribution in [0.1, 0.15) is 17.3 Å². The summed E-state index contributed by atoms with van der Waals surface area (Å²) in [6, 6.07) is 1.30. The smallest absolute Gasteiger partial charge is 0.337 e. The number of anilines is 2. The molecule has 0 aliphatic rings. The molecule has 0 spiro atoms. The average molecular weight is 238 g/mol. The molecule has 17 heavy (non-hydrogen) atoms. The Bertz CT molecular complexity index is 434. The molecule has 1 amide bonds. The van der Waals surface area contributed by atoms with Crippen LogP contribution in [0, 0.1) is 0 Å². The van der Waals surface area contributed by atoms with E-state index in [1.54, 1.807) is 6.92 Å². The minimum absolute atomic E-state index is 0.00584. The molecular formula is C10H14N4O3. The lowest BCUT2D eigenvalue weighted by Crippen LogP contribution is -2.29. The molecular weight excluding hydrogens is 224 g/mol. The van der Waals surface area contributed by atoms with Crippen LogP contribution in [0.2, 0.25) is 0 Å². The summed E-state index contributed by atoms with van der Waals surface area (Å²) in [5.74, 6) is -1.16. The number of hydrogen-bond donors (Lipinski definition) is 4. The Morgan fingerprint density at radius 1 is 1.53 bits per heavy atom. The Labute approximate surface area is 98.0 Å². The van der Waals surface area contributed by atoms with Crippen molar-refractivity contribution in [3.8, 4) is 0 Å². The molecule has 1 aromatic heterocycles. The maximum atomic E-state index is 11.2. The quantitative estimate of drug-likeness (QED) is 0.569.